The van der Waals surface area contributed by atoms with E-state index in [1.165, 1.54) is 0 Å². The van der Waals surface area contributed by atoms with Crippen molar-refractivity contribution in [3.05, 3.63) is 0 Å². The molecule has 0 amide bonds. The van der Waals surface area contributed by atoms with Crippen LogP contribution in [0.15, 0.2) is 0 Å². The third-order valence-corrected chi connectivity index (χ3v) is 1.09. The summed E-state index contributed by atoms with van der Waals surface area (Å²) in [6, 6.07) is 0. The summed E-state index contributed by atoms with van der Waals surface area (Å²) in [6.45, 7) is -0.627. The maximum atomic E-state index is 12.0. The molecule has 1 nitrogen and oxygen atoms in total. The monoisotopic (exact) mass is 210 g/mol. The molecule has 0 atom stereocenters. The standard InChI is InChI=1S/C6H8F6O/c1-5(9,10)2-3-13-6(11,12)4(7)8/h4H,2-3H2,1H3. The Bertz CT molecular complexity index is 152. The molecule has 0 aromatic heterocycles. The highest BCUT2D eigenvalue weighted by molar-refractivity contribution is 4.60. The second kappa shape index (κ2) is 4.17. The molecule has 0 N–H and O–H groups in total. The van der Waals surface area contributed by atoms with Gasteiger partial charge < -0.3 is 4.74 Å². The van der Waals surface area contributed by atoms with Crippen molar-refractivity contribution in [2.75, 3.05) is 6.61 Å². The molecule has 0 heterocycles. The molecule has 0 rings (SSSR count). The molecule has 0 spiro atoms. The maximum absolute atomic E-state index is 12.0. The third kappa shape index (κ3) is 5.73. The molecular formula is C6H8F6O. The third-order valence-electron chi connectivity index (χ3n) is 1.09. The number of alkyl halides is 6. The lowest BCUT2D eigenvalue weighted by Gasteiger charge is -2.17. The Labute approximate surface area is 70.7 Å². The van der Waals surface area contributed by atoms with Crippen LogP contribution in [0.5, 0.6) is 0 Å². The lowest BCUT2D eigenvalue weighted by molar-refractivity contribution is -0.303. The molecular weight excluding hydrogens is 202 g/mol. The van der Waals surface area contributed by atoms with Crippen molar-refractivity contribution < 1.29 is 31.1 Å². The van der Waals surface area contributed by atoms with Crippen LogP contribution in [0, 0.1) is 0 Å². The van der Waals surface area contributed by atoms with Gasteiger partial charge in [-0.3, -0.25) is 0 Å². The summed E-state index contributed by atoms with van der Waals surface area (Å²) < 4.78 is 73.8. The van der Waals surface area contributed by atoms with Gasteiger partial charge in [0.1, 0.15) is 0 Å². The van der Waals surface area contributed by atoms with Gasteiger partial charge in [0.05, 0.1) is 6.61 Å². The molecule has 0 saturated heterocycles. The van der Waals surface area contributed by atoms with Gasteiger partial charge in [-0.25, -0.2) is 17.6 Å². The van der Waals surface area contributed by atoms with Crippen molar-refractivity contribution >= 4 is 0 Å². The molecule has 7 heteroatoms. The maximum Gasteiger partial charge on any atom is 0.416 e. The van der Waals surface area contributed by atoms with Crippen molar-refractivity contribution in [3.8, 4) is 0 Å². The Morgan fingerprint density at radius 2 is 1.62 bits per heavy atom. The van der Waals surface area contributed by atoms with Gasteiger partial charge in [0, 0.05) is 6.42 Å². The van der Waals surface area contributed by atoms with E-state index in [4.69, 9.17) is 0 Å². The molecule has 13 heavy (non-hydrogen) atoms. The first kappa shape index (κ1) is 12.5. The van der Waals surface area contributed by atoms with Gasteiger partial charge in [0.15, 0.2) is 0 Å². The Balaban J connectivity index is 3.77. The van der Waals surface area contributed by atoms with Crippen molar-refractivity contribution in [1.82, 2.24) is 0 Å². The van der Waals surface area contributed by atoms with Crippen LogP contribution in [0.3, 0.4) is 0 Å². The van der Waals surface area contributed by atoms with Gasteiger partial charge >= 0.3 is 12.5 Å². The van der Waals surface area contributed by atoms with E-state index in [-0.39, 0.29) is 0 Å². The van der Waals surface area contributed by atoms with Crippen LogP contribution >= 0.6 is 0 Å². The lowest BCUT2D eigenvalue weighted by Crippen LogP contribution is -2.31. The van der Waals surface area contributed by atoms with E-state index in [1.54, 1.807) is 0 Å². The average molecular weight is 210 g/mol. The fourth-order valence-corrected chi connectivity index (χ4v) is 0.429. The average Bonchev–Trinajstić information content (AvgIpc) is 1.82. The minimum Gasteiger partial charge on any atom is -0.316 e. The number of halogens is 6. The van der Waals surface area contributed by atoms with Gasteiger partial charge in [-0.05, 0) is 6.92 Å². The van der Waals surface area contributed by atoms with Crippen molar-refractivity contribution in [2.24, 2.45) is 0 Å². The van der Waals surface area contributed by atoms with Gasteiger partial charge in [0.2, 0.25) is 5.92 Å². The second-order valence-corrected chi connectivity index (χ2v) is 2.53. The van der Waals surface area contributed by atoms with Crippen molar-refractivity contribution in [2.45, 2.75) is 31.8 Å². The van der Waals surface area contributed by atoms with E-state index < -0.39 is 31.5 Å². The fourth-order valence-electron chi connectivity index (χ4n) is 0.429. The van der Waals surface area contributed by atoms with E-state index in [9.17, 15) is 26.3 Å². The van der Waals surface area contributed by atoms with E-state index in [0.29, 0.717) is 6.92 Å². The Morgan fingerprint density at radius 3 is 1.92 bits per heavy atom. The normalized spacial score (nSPS) is 13.8. The number of ether oxygens (including phenoxy) is 1. The lowest BCUT2D eigenvalue weighted by atomic mass is 10.3. The number of hydrogen-bond donors (Lipinski definition) is 0. The highest BCUT2D eigenvalue weighted by Gasteiger charge is 2.42. The SMILES string of the molecule is CC(F)(F)CCOC(F)(F)C(F)F. The first-order chi connectivity index (χ1) is 5.65. The van der Waals surface area contributed by atoms with E-state index in [0.717, 1.165) is 0 Å². The summed E-state index contributed by atoms with van der Waals surface area (Å²) in [5.74, 6) is -3.20. The summed E-state index contributed by atoms with van der Waals surface area (Å²) in [4.78, 5) is 0. The smallest absolute Gasteiger partial charge is 0.316 e. The van der Waals surface area contributed by atoms with E-state index in [1.807, 2.05) is 0 Å². The molecule has 0 aliphatic heterocycles. The van der Waals surface area contributed by atoms with Crippen LogP contribution in [0.2, 0.25) is 0 Å². The van der Waals surface area contributed by atoms with Crippen LogP contribution in [-0.4, -0.2) is 25.1 Å². The van der Waals surface area contributed by atoms with Crippen LogP contribution in [0.25, 0.3) is 0 Å². The van der Waals surface area contributed by atoms with Gasteiger partial charge in [0.25, 0.3) is 0 Å². The van der Waals surface area contributed by atoms with Crippen LogP contribution in [0.4, 0.5) is 26.3 Å². The van der Waals surface area contributed by atoms with Gasteiger partial charge in [-0.1, -0.05) is 0 Å². The predicted molar refractivity (Wildman–Crippen MR) is 32.1 cm³/mol. The molecule has 0 aliphatic carbocycles. The van der Waals surface area contributed by atoms with Gasteiger partial charge in [-0.2, -0.15) is 8.78 Å². The van der Waals surface area contributed by atoms with Crippen molar-refractivity contribution in [1.29, 1.82) is 0 Å². The number of rotatable bonds is 5. The first-order valence-corrected chi connectivity index (χ1v) is 3.33. The summed E-state index contributed by atoms with van der Waals surface area (Å²) >= 11 is 0. The second-order valence-electron chi connectivity index (χ2n) is 2.53. The topological polar surface area (TPSA) is 9.23 Å². The highest BCUT2D eigenvalue weighted by Crippen LogP contribution is 2.26. The zero-order valence-electron chi connectivity index (χ0n) is 6.67. The number of hydrogen-bond acceptors (Lipinski definition) is 1. The quantitative estimate of drug-likeness (QED) is 0.634. The summed E-state index contributed by atoms with van der Waals surface area (Å²) in [6.07, 6.45) is -9.67. The van der Waals surface area contributed by atoms with Gasteiger partial charge in [-0.15, -0.1) is 0 Å². The first-order valence-electron chi connectivity index (χ1n) is 3.33. The van der Waals surface area contributed by atoms with Crippen LogP contribution in [0.1, 0.15) is 13.3 Å². The summed E-state index contributed by atoms with van der Waals surface area (Å²) in [5.41, 5.74) is 0. The molecule has 0 saturated carbocycles. The Hall–Kier alpha value is -0.460. The highest BCUT2D eigenvalue weighted by atomic mass is 19.3. The Kier molecular flexibility index (Phi) is 4.02. The molecule has 0 aliphatic rings. The van der Waals surface area contributed by atoms with Crippen LogP contribution in [-0.2, 0) is 4.74 Å². The minimum atomic E-state index is -4.65. The zero-order valence-corrected chi connectivity index (χ0v) is 6.67. The zero-order chi connectivity index (χ0) is 10.7. The molecule has 0 fully saturated rings. The van der Waals surface area contributed by atoms with E-state index >= 15 is 0 Å². The Morgan fingerprint density at radius 1 is 1.15 bits per heavy atom. The summed E-state index contributed by atoms with van der Waals surface area (Å²) in [7, 11) is 0. The molecule has 0 radical (unpaired) electrons. The molecule has 0 aromatic rings. The van der Waals surface area contributed by atoms with Crippen LogP contribution < -0.4 is 0 Å². The molecule has 80 valence electrons. The summed E-state index contributed by atoms with van der Waals surface area (Å²) in [5, 5.41) is 0. The predicted octanol–water partition coefficient (Wildman–Crippen LogP) is 2.91. The largest absolute Gasteiger partial charge is 0.416 e. The molecule has 0 bridgehead atoms. The fraction of sp³-hybridized carbons (Fsp3) is 1.00. The minimum absolute atomic E-state index is 0.483. The van der Waals surface area contributed by atoms with Crippen molar-refractivity contribution in [3.63, 3.8) is 0 Å². The van der Waals surface area contributed by atoms with E-state index in [2.05, 4.69) is 4.74 Å². The molecule has 0 aromatic carbocycles. The molecule has 0 unspecified atom stereocenters.